The third kappa shape index (κ3) is 2.46. The first kappa shape index (κ1) is 10.8. The molecule has 0 amide bonds. The lowest BCUT2D eigenvalue weighted by Gasteiger charge is -2.06. The lowest BCUT2D eigenvalue weighted by Crippen LogP contribution is -1.92. The molecule has 0 aliphatic heterocycles. The van der Waals surface area contributed by atoms with Crippen LogP contribution in [0.2, 0.25) is 5.15 Å². The predicted molar refractivity (Wildman–Crippen MR) is 58.3 cm³/mol. The number of nitrogens with zero attached hydrogens (tertiary/aromatic N) is 2. The third-order valence-corrected chi connectivity index (χ3v) is 2.16. The van der Waals surface area contributed by atoms with Crippen molar-refractivity contribution >= 4 is 11.6 Å². The molecule has 0 unspecified atom stereocenters. The van der Waals surface area contributed by atoms with Crippen molar-refractivity contribution in [2.24, 2.45) is 0 Å². The Balaban J connectivity index is 2.23. The van der Waals surface area contributed by atoms with Gasteiger partial charge in [-0.25, -0.2) is 4.39 Å². The zero-order chi connectivity index (χ0) is 11.5. The van der Waals surface area contributed by atoms with Crippen LogP contribution in [0.1, 0.15) is 5.56 Å². The average Bonchev–Trinajstić information content (AvgIpc) is 2.25. The summed E-state index contributed by atoms with van der Waals surface area (Å²) < 4.78 is 18.3. The van der Waals surface area contributed by atoms with Gasteiger partial charge in [0.2, 0.25) is 5.88 Å². The van der Waals surface area contributed by atoms with Gasteiger partial charge in [0, 0.05) is 6.07 Å². The molecular formula is C11H8ClFN2O. The van der Waals surface area contributed by atoms with E-state index in [2.05, 4.69) is 10.2 Å². The summed E-state index contributed by atoms with van der Waals surface area (Å²) in [7, 11) is 0. The Morgan fingerprint density at radius 2 is 2.00 bits per heavy atom. The van der Waals surface area contributed by atoms with Crippen LogP contribution in [-0.2, 0) is 0 Å². The normalized spacial score (nSPS) is 10.2. The van der Waals surface area contributed by atoms with Crippen LogP contribution in [0.3, 0.4) is 0 Å². The highest BCUT2D eigenvalue weighted by Crippen LogP contribution is 2.23. The van der Waals surface area contributed by atoms with E-state index in [0.29, 0.717) is 22.3 Å². The van der Waals surface area contributed by atoms with Gasteiger partial charge in [-0.15, -0.1) is 10.2 Å². The smallest absolute Gasteiger partial charge is 0.238 e. The van der Waals surface area contributed by atoms with E-state index >= 15 is 0 Å². The molecule has 82 valence electrons. The van der Waals surface area contributed by atoms with Crippen LogP contribution in [0, 0.1) is 12.7 Å². The number of rotatable bonds is 2. The molecule has 0 N–H and O–H groups in total. The van der Waals surface area contributed by atoms with Gasteiger partial charge in [-0.1, -0.05) is 11.6 Å². The molecule has 0 saturated carbocycles. The number of halogens is 2. The molecule has 0 spiro atoms. The van der Waals surface area contributed by atoms with E-state index in [1.54, 1.807) is 25.1 Å². The third-order valence-electron chi connectivity index (χ3n) is 1.96. The highest BCUT2D eigenvalue weighted by atomic mass is 35.5. The first-order valence-electron chi connectivity index (χ1n) is 4.58. The molecule has 0 fully saturated rings. The van der Waals surface area contributed by atoms with Crippen molar-refractivity contribution in [3.05, 3.63) is 46.9 Å². The largest absolute Gasteiger partial charge is 0.437 e. The van der Waals surface area contributed by atoms with Crippen LogP contribution in [-0.4, -0.2) is 10.2 Å². The summed E-state index contributed by atoms with van der Waals surface area (Å²) in [5, 5.41) is 7.67. The summed E-state index contributed by atoms with van der Waals surface area (Å²) in [6.07, 6.45) is 0. The van der Waals surface area contributed by atoms with E-state index in [1.807, 2.05) is 0 Å². The van der Waals surface area contributed by atoms with Gasteiger partial charge in [0.25, 0.3) is 0 Å². The molecule has 0 radical (unpaired) electrons. The summed E-state index contributed by atoms with van der Waals surface area (Å²) in [5.41, 5.74) is 0.691. The lowest BCUT2D eigenvalue weighted by atomic mass is 10.2. The number of aromatic nitrogens is 2. The predicted octanol–water partition coefficient (Wildman–Crippen LogP) is 3.37. The quantitative estimate of drug-likeness (QED) is 0.805. The van der Waals surface area contributed by atoms with Crippen molar-refractivity contribution in [2.75, 3.05) is 0 Å². The molecule has 0 aliphatic carbocycles. The van der Waals surface area contributed by atoms with Crippen molar-refractivity contribution < 1.29 is 9.13 Å². The zero-order valence-electron chi connectivity index (χ0n) is 8.45. The van der Waals surface area contributed by atoms with Crippen molar-refractivity contribution in [1.29, 1.82) is 0 Å². The van der Waals surface area contributed by atoms with Gasteiger partial charge >= 0.3 is 0 Å². The van der Waals surface area contributed by atoms with Crippen molar-refractivity contribution in [2.45, 2.75) is 6.92 Å². The topological polar surface area (TPSA) is 35.0 Å². The fourth-order valence-corrected chi connectivity index (χ4v) is 1.30. The second-order valence-electron chi connectivity index (χ2n) is 3.21. The van der Waals surface area contributed by atoms with Crippen LogP contribution >= 0.6 is 11.6 Å². The molecule has 1 heterocycles. The molecule has 3 nitrogen and oxygen atoms in total. The number of hydrogen-bond donors (Lipinski definition) is 0. The molecule has 0 bridgehead atoms. The van der Waals surface area contributed by atoms with Crippen molar-refractivity contribution in [1.82, 2.24) is 10.2 Å². The van der Waals surface area contributed by atoms with Crippen LogP contribution in [0.4, 0.5) is 4.39 Å². The van der Waals surface area contributed by atoms with E-state index in [0.717, 1.165) is 0 Å². The summed E-state index contributed by atoms with van der Waals surface area (Å²) in [6.45, 7) is 1.75. The summed E-state index contributed by atoms with van der Waals surface area (Å²) >= 11 is 5.59. The second kappa shape index (κ2) is 4.45. The molecule has 0 aliphatic rings. The number of ether oxygens (including phenoxy) is 1. The summed E-state index contributed by atoms with van der Waals surface area (Å²) in [6, 6.07) is 7.42. The minimum Gasteiger partial charge on any atom is -0.437 e. The molecule has 5 heteroatoms. The van der Waals surface area contributed by atoms with E-state index in [9.17, 15) is 4.39 Å². The molecule has 1 aromatic heterocycles. The standard InChI is InChI=1S/C11H8ClFN2O/c1-7-6-8(13)2-3-9(7)16-11-5-4-10(12)14-15-11/h2-6H,1H3. The molecular weight excluding hydrogens is 231 g/mol. The molecule has 1 aromatic carbocycles. The lowest BCUT2D eigenvalue weighted by molar-refractivity contribution is 0.450. The Bertz CT molecular complexity index is 502. The van der Waals surface area contributed by atoms with Crippen LogP contribution in [0.5, 0.6) is 11.6 Å². The highest BCUT2D eigenvalue weighted by Gasteiger charge is 2.04. The Morgan fingerprint density at radius 1 is 1.19 bits per heavy atom. The van der Waals surface area contributed by atoms with Gasteiger partial charge in [-0.3, -0.25) is 0 Å². The molecule has 16 heavy (non-hydrogen) atoms. The number of hydrogen-bond acceptors (Lipinski definition) is 3. The van der Waals surface area contributed by atoms with E-state index < -0.39 is 0 Å². The van der Waals surface area contributed by atoms with E-state index in [4.69, 9.17) is 16.3 Å². The maximum absolute atomic E-state index is 12.8. The Labute approximate surface area is 96.8 Å². The number of aryl methyl sites for hydroxylation is 1. The van der Waals surface area contributed by atoms with Crippen LogP contribution in [0.15, 0.2) is 30.3 Å². The van der Waals surface area contributed by atoms with E-state index in [-0.39, 0.29) is 5.82 Å². The molecule has 2 rings (SSSR count). The van der Waals surface area contributed by atoms with Gasteiger partial charge < -0.3 is 4.74 Å². The van der Waals surface area contributed by atoms with Gasteiger partial charge in [-0.2, -0.15) is 0 Å². The minimum atomic E-state index is -0.299. The Kier molecular flexibility index (Phi) is 3.01. The van der Waals surface area contributed by atoms with E-state index in [1.165, 1.54) is 12.1 Å². The van der Waals surface area contributed by atoms with Gasteiger partial charge in [0.15, 0.2) is 5.15 Å². The fraction of sp³-hybridized carbons (Fsp3) is 0.0909. The first-order chi connectivity index (χ1) is 7.65. The highest BCUT2D eigenvalue weighted by molar-refractivity contribution is 6.29. The summed E-state index contributed by atoms with van der Waals surface area (Å²) in [5.74, 6) is 0.559. The first-order valence-corrected chi connectivity index (χ1v) is 4.96. The maximum Gasteiger partial charge on any atom is 0.238 e. The Morgan fingerprint density at radius 3 is 2.62 bits per heavy atom. The van der Waals surface area contributed by atoms with Crippen LogP contribution in [0.25, 0.3) is 0 Å². The van der Waals surface area contributed by atoms with Crippen molar-refractivity contribution in [3.8, 4) is 11.6 Å². The molecule has 0 saturated heterocycles. The van der Waals surface area contributed by atoms with Gasteiger partial charge in [0.05, 0.1) is 0 Å². The van der Waals surface area contributed by atoms with Crippen molar-refractivity contribution in [3.63, 3.8) is 0 Å². The minimum absolute atomic E-state index is 0.295. The monoisotopic (exact) mass is 238 g/mol. The maximum atomic E-state index is 12.8. The van der Waals surface area contributed by atoms with Gasteiger partial charge in [-0.05, 0) is 36.8 Å². The zero-order valence-corrected chi connectivity index (χ0v) is 9.20. The molecule has 2 aromatic rings. The fourth-order valence-electron chi connectivity index (χ4n) is 1.20. The molecule has 0 atom stereocenters. The average molecular weight is 239 g/mol. The van der Waals surface area contributed by atoms with Crippen LogP contribution < -0.4 is 4.74 Å². The SMILES string of the molecule is Cc1cc(F)ccc1Oc1ccc(Cl)nn1. The van der Waals surface area contributed by atoms with Gasteiger partial charge in [0.1, 0.15) is 11.6 Å². The summed E-state index contributed by atoms with van der Waals surface area (Å²) in [4.78, 5) is 0. The number of benzene rings is 1. The Hall–Kier alpha value is -1.68. The second-order valence-corrected chi connectivity index (χ2v) is 3.59.